The van der Waals surface area contributed by atoms with Gasteiger partial charge in [-0.15, -0.1) is 0 Å². The molecule has 0 bridgehead atoms. The first kappa shape index (κ1) is 14.2. The van der Waals surface area contributed by atoms with Crippen molar-refractivity contribution in [3.63, 3.8) is 0 Å². The van der Waals surface area contributed by atoms with Crippen molar-refractivity contribution in [1.29, 1.82) is 0 Å². The van der Waals surface area contributed by atoms with Crippen molar-refractivity contribution in [1.82, 2.24) is 4.72 Å². The predicted octanol–water partition coefficient (Wildman–Crippen LogP) is 1.32. The molecule has 17 heavy (non-hydrogen) atoms. The molecule has 5 heteroatoms. The fraction of sp³-hybridized carbons (Fsp3) is 0.500. The van der Waals surface area contributed by atoms with Crippen molar-refractivity contribution in [2.24, 2.45) is 5.73 Å². The Balaban J connectivity index is 3.18. The quantitative estimate of drug-likeness (QED) is 0.853. The molecular formula is C12H20N2O2S. The highest BCUT2D eigenvalue weighted by atomic mass is 32.2. The molecule has 0 radical (unpaired) electrons. The maximum atomic E-state index is 12.2. The van der Waals surface area contributed by atoms with Gasteiger partial charge in [0.05, 0.1) is 4.90 Å². The normalized spacial score (nSPS) is 12.8. The fourth-order valence-corrected chi connectivity index (χ4v) is 3.21. The minimum absolute atomic E-state index is 0.247. The third kappa shape index (κ3) is 3.52. The lowest BCUT2D eigenvalue weighted by atomic mass is 10.1. The molecular weight excluding hydrogens is 236 g/mol. The Hall–Kier alpha value is -0.910. The molecule has 1 aromatic rings. The van der Waals surface area contributed by atoms with Crippen molar-refractivity contribution in [3.8, 4) is 0 Å². The van der Waals surface area contributed by atoms with Crippen LogP contribution in [0, 0.1) is 13.8 Å². The zero-order valence-electron chi connectivity index (χ0n) is 10.7. The predicted molar refractivity (Wildman–Crippen MR) is 69.4 cm³/mol. The molecule has 3 N–H and O–H groups in total. The lowest BCUT2D eigenvalue weighted by Crippen LogP contribution is -2.48. The Morgan fingerprint density at radius 2 is 1.88 bits per heavy atom. The van der Waals surface area contributed by atoms with Crippen LogP contribution in [-0.2, 0) is 10.0 Å². The Bertz CT molecular complexity index is 507. The Kier molecular flexibility index (Phi) is 3.96. The van der Waals surface area contributed by atoms with E-state index in [0.29, 0.717) is 4.90 Å². The average Bonchev–Trinajstić information content (AvgIpc) is 2.20. The number of rotatable bonds is 4. The minimum atomic E-state index is -3.51. The third-order valence-corrected chi connectivity index (χ3v) is 4.39. The van der Waals surface area contributed by atoms with E-state index in [1.807, 2.05) is 13.0 Å². The van der Waals surface area contributed by atoms with Crippen LogP contribution in [0.4, 0.5) is 0 Å². The summed E-state index contributed by atoms with van der Waals surface area (Å²) in [4.78, 5) is 0.319. The van der Waals surface area contributed by atoms with E-state index in [0.717, 1.165) is 11.1 Å². The molecule has 0 unspecified atom stereocenters. The minimum Gasteiger partial charge on any atom is -0.329 e. The summed E-state index contributed by atoms with van der Waals surface area (Å²) in [6.45, 7) is 7.42. The number of nitrogens with one attached hydrogen (secondary N) is 1. The van der Waals surface area contributed by atoms with Crippen LogP contribution in [-0.4, -0.2) is 20.5 Å². The molecule has 0 aromatic heterocycles. The zero-order chi connectivity index (χ0) is 13.3. The second-order valence-corrected chi connectivity index (χ2v) is 6.61. The van der Waals surface area contributed by atoms with Gasteiger partial charge in [-0.25, -0.2) is 13.1 Å². The number of hydrogen-bond acceptors (Lipinski definition) is 3. The van der Waals surface area contributed by atoms with Crippen LogP contribution in [0.3, 0.4) is 0 Å². The Morgan fingerprint density at radius 1 is 1.29 bits per heavy atom. The van der Waals surface area contributed by atoms with Crippen LogP contribution in [0.25, 0.3) is 0 Å². The highest BCUT2D eigenvalue weighted by molar-refractivity contribution is 7.89. The van der Waals surface area contributed by atoms with E-state index in [-0.39, 0.29) is 6.54 Å². The number of benzene rings is 1. The molecule has 0 saturated carbocycles. The molecule has 0 saturated heterocycles. The molecule has 0 heterocycles. The average molecular weight is 256 g/mol. The molecule has 0 spiro atoms. The van der Waals surface area contributed by atoms with Gasteiger partial charge in [-0.05, 0) is 44.9 Å². The molecule has 0 aliphatic heterocycles. The number of hydrogen-bond donors (Lipinski definition) is 2. The monoisotopic (exact) mass is 256 g/mol. The summed E-state index contributed by atoms with van der Waals surface area (Å²) in [7, 11) is -3.51. The van der Waals surface area contributed by atoms with Crippen LogP contribution in [0.2, 0.25) is 0 Å². The van der Waals surface area contributed by atoms with Gasteiger partial charge in [0.1, 0.15) is 0 Å². The highest BCUT2D eigenvalue weighted by Gasteiger charge is 2.25. The Morgan fingerprint density at radius 3 is 2.41 bits per heavy atom. The van der Waals surface area contributed by atoms with E-state index in [1.165, 1.54) is 0 Å². The van der Waals surface area contributed by atoms with Gasteiger partial charge in [0, 0.05) is 12.1 Å². The maximum Gasteiger partial charge on any atom is 0.241 e. The largest absolute Gasteiger partial charge is 0.329 e. The second kappa shape index (κ2) is 4.76. The second-order valence-electron chi connectivity index (χ2n) is 4.96. The first-order valence-electron chi connectivity index (χ1n) is 5.49. The molecule has 0 fully saturated rings. The summed E-state index contributed by atoms with van der Waals surface area (Å²) in [6.07, 6.45) is 0. The number of nitrogens with two attached hydrogens (primary N) is 1. The SMILES string of the molecule is Cc1ccc(C)c(S(=O)(=O)NC(C)(C)CN)c1. The van der Waals surface area contributed by atoms with Crippen LogP contribution in [0.15, 0.2) is 23.1 Å². The smallest absolute Gasteiger partial charge is 0.241 e. The van der Waals surface area contributed by atoms with E-state index < -0.39 is 15.6 Å². The summed E-state index contributed by atoms with van der Waals surface area (Å²) < 4.78 is 27.0. The summed E-state index contributed by atoms with van der Waals surface area (Å²) in [5.74, 6) is 0. The molecule has 1 aromatic carbocycles. The van der Waals surface area contributed by atoms with E-state index in [1.54, 1.807) is 32.9 Å². The van der Waals surface area contributed by atoms with E-state index in [9.17, 15) is 8.42 Å². The Labute approximate surface area is 103 Å². The van der Waals surface area contributed by atoms with Crippen molar-refractivity contribution in [2.75, 3.05) is 6.54 Å². The van der Waals surface area contributed by atoms with Crippen molar-refractivity contribution in [2.45, 2.75) is 38.1 Å². The standard InChI is InChI=1S/C12H20N2O2S/c1-9-5-6-10(2)11(7-9)17(15,16)14-12(3,4)8-13/h5-7,14H,8,13H2,1-4H3. The lowest BCUT2D eigenvalue weighted by Gasteiger charge is -2.24. The highest BCUT2D eigenvalue weighted by Crippen LogP contribution is 2.18. The van der Waals surface area contributed by atoms with Crippen molar-refractivity contribution in [3.05, 3.63) is 29.3 Å². The summed E-state index contributed by atoms with van der Waals surface area (Å²) in [5.41, 5.74) is 6.54. The van der Waals surface area contributed by atoms with Crippen molar-refractivity contribution < 1.29 is 8.42 Å². The fourth-order valence-electron chi connectivity index (χ4n) is 1.46. The van der Waals surface area contributed by atoms with Crippen LogP contribution < -0.4 is 10.5 Å². The van der Waals surface area contributed by atoms with E-state index in [2.05, 4.69) is 4.72 Å². The molecule has 1 rings (SSSR count). The number of sulfonamides is 1. The van der Waals surface area contributed by atoms with Crippen molar-refractivity contribution >= 4 is 10.0 Å². The molecule has 0 amide bonds. The van der Waals surface area contributed by atoms with Gasteiger partial charge in [-0.1, -0.05) is 12.1 Å². The van der Waals surface area contributed by atoms with Crippen LogP contribution in [0.1, 0.15) is 25.0 Å². The van der Waals surface area contributed by atoms with E-state index in [4.69, 9.17) is 5.73 Å². The van der Waals surface area contributed by atoms with Gasteiger partial charge >= 0.3 is 0 Å². The lowest BCUT2D eigenvalue weighted by molar-refractivity contribution is 0.462. The third-order valence-electron chi connectivity index (χ3n) is 2.55. The summed E-state index contributed by atoms with van der Waals surface area (Å²) in [5, 5.41) is 0. The van der Waals surface area contributed by atoms with Gasteiger partial charge in [0.25, 0.3) is 0 Å². The van der Waals surface area contributed by atoms with Gasteiger partial charge in [-0.2, -0.15) is 0 Å². The number of aryl methyl sites for hydroxylation is 2. The molecule has 0 aliphatic carbocycles. The first-order valence-corrected chi connectivity index (χ1v) is 6.97. The summed E-state index contributed by atoms with van der Waals surface area (Å²) in [6, 6.07) is 5.37. The maximum absolute atomic E-state index is 12.2. The van der Waals surface area contributed by atoms with Gasteiger partial charge in [-0.3, -0.25) is 0 Å². The van der Waals surface area contributed by atoms with Crippen LogP contribution >= 0.6 is 0 Å². The van der Waals surface area contributed by atoms with Gasteiger partial charge in [0.2, 0.25) is 10.0 Å². The molecule has 4 nitrogen and oxygen atoms in total. The van der Waals surface area contributed by atoms with E-state index >= 15 is 0 Å². The molecule has 0 atom stereocenters. The topological polar surface area (TPSA) is 72.2 Å². The molecule has 0 aliphatic rings. The van der Waals surface area contributed by atoms with Gasteiger partial charge < -0.3 is 5.73 Å². The molecule has 96 valence electrons. The van der Waals surface area contributed by atoms with Gasteiger partial charge in [0.15, 0.2) is 0 Å². The van der Waals surface area contributed by atoms with Crippen LogP contribution in [0.5, 0.6) is 0 Å². The first-order chi connectivity index (χ1) is 7.68. The zero-order valence-corrected chi connectivity index (χ0v) is 11.6. The summed E-state index contributed by atoms with van der Waals surface area (Å²) >= 11 is 0.